The first-order chi connectivity index (χ1) is 9.76. The fourth-order valence-electron chi connectivity index (χ4n) is 2.76. The van der Waals surface area contributed by atoms with Gasteiger partial charge in [0.2, 0.25) is 0 Å². The van der Waals surface area contributed by atoms with Gasteiger partial charge in [-0.25, -0.2) is 0 Å². The van der Waals surface area contributed by atoms with Gasteiger partial charge in [-0.2, -0.15) is 0 Å². The van der Waals surface area contributed by atoms with E-state index in [0.29, 0.717) is 12.6 Å². The van der Waals surface area contributed by atoms with Crippen LogP contribution >= 0.6 is 11.3 Å². The van der Waals surface area contributed by atoms with Crippen LogP contribution in [0.2, 0.25) is 0 Å². The Morgan fingerprint density at radius 1 is 1.50 bits per heavy atom. The molecule has 2 aromatic rings. The van der Waals surface area contributed by atoms with Crippen molar-refractivity contribution < 1.29 is 4.74 Å². The standard InChI is InChI=1S/C15H18N2O2S/c1-19-12-5-6-13-10(7-12)3-2-4-14(13)16-8-11-9-20-15(18)17-11/h5-7,9,14,16H,2-4,8H2,1H3,(H,17,18). The second kappa shape index (κ2) is 5.81. The lowest BCUT2D eigenvalue weighted by atomic mass is 9.87. The number of benzene rings is 1. The van der Waals surface area contributed by atoms with Crippen molar-refractivity contribution in [1.82, 2.24) is 10.3 Å². The molecular formula is C15H18N2O2S. The number of aromatic amines is 1. The van der Waals surface area contributed by atoms with E-state index in [-0.39, 0.29) is 4.87 Å². The normalized spacial score (nSPS) is 17.8. The van der Waals surface area contributed by atoms with Gasteiger partial charge in [0.25, 0.3) is 0 Å². The van der Waals surface area contributed by atoms with Crippen molar-refractivity contribution >= 4 is 11.3 Å². The van der Waals surface area contributed by atoms with Crippen molar-refractivity contribution in [2.75, 3.05) is 7.11 Å². The SMILES string of the molecule is COc1ccc2c(c1)CCCC2NCc1csc(=O)[nH]1. The van der Waals surface area contributed by atoms with E-state index in [1.165, 1.54) is 28.9 Å². The second-order valence-corrected chi connectivity index (χ2v) is 5.91. The number of nitrogens with one attached hydrogen (secondary N) is 2. The molecule has 1 atom stereocenters. The predicted molar refractivity (Wildman–Crippen MR) is 80.5 cm³/mol. The third-order valence-electron chi connectivity index (χ3n) is 3.77. The second-order valence-electron chi connectivity index (χ2n) is 5.06. The Morgan fingerprint density at radius 3 is 3.15 bits per heavy atom. The van der Waals surface area contributed by atoms with Gasteiger partial charge in [-0.05, 0) is 42.5 Å². The van der Waals surface area contributed by atoms with Gasteiger partial charge in [0, 0.05) is 23.7 Å². The molecule has 0 spiro atoms. The van der Waals surface area contributed by atoms with Crippen LogP contribution in [-0.2, 0) is 13.0 Å². The van der Waals surface area contributed by atoms with Crippen LogP contribution in [0.15, 0.2) is 28.4 Å². The summed E-state index contributed by atoms with van der Waals surface area (Å²) in [6, 6.07) is 6.66. The molecule has 1 aliphatic rings. The van der Waals surface area contributed by atoms with E-state index >= 15 is 0 Å². The van der Waals surface area contributed by atoms with E-state index in [0.717, 1.165) is 24.3 Å². The van der Waals surface area contributed by atoms with Crippen LogP contribution in [0.1, 0.15) is 35.7 Å². The zero-order valence-corrected chi connectivity index (χ0v) is 12.3. The Morgan fingerprint density at radius 2 is 2.40 bits per heavy atom. The fourth-order valence-corrected chi connectivity index (χ4v) is 3.34. The highest BCUT2D eigenvalue weighted by Crippen LogP contribution is 2.32. The van der Waals surface area contributed by atoms with Gasteiger partial charge < -0.3 is 15.0 Å². The molecule has 4 nitrogen and oxygen atoms in total. The molecule has 1 aromatic carbocycles. The number of hydrogen-bond donors (Lipinski definition) is 2. The highest BCUT2D eigenvalue weighted by molar-refractivity contribution is 7.07. The van der Waals surface area contributed by atoms with Gasteiger partial charge in [0.15, 0.2) is 0 Å². The predicted octanol–water partition coefficient (Wildman–Crippen LogP) is 2.61. The smallest absolute Gasteiger partial charge is 0.304 e. The van der Waals surface area contributed by atoms with Crippen molar-refractivity contribution in [3.63, 3.8) is 0 Å². The van der Waals surface area contributed by atoms with Gasteiger partial charge in [-0.3, -0.25) is 4.79 Å². The Kier molecular flexibility index (Phi) is 3.89. The lowest BCUT2D eigenvalue weighted by Gasteiger charge is -2.26. The van der Waals surface area contributed by atoms with Gasteiger partial charge >= 0.3 is 4.87 Å². The van der Waals surface area contributed by atoms with Crippen molar-refractivity contribution in [1.29, 1.82) is 0 Å². The number of hydrogen-bond acceptors (Lipinski definition) is 4. The first-order valence-corrected chi connectivity index (χ1v) is 7.71. The van der Waals surface area contributed by atoms with E-state index in [2.05, 4.69) is 22.4 Å². The van der Waals surface area contributed by atoms with Gasteiger partial charge in [0.05, 0.1) is 7.11 Å². The molecule has 3 rings (SSSR count). The summed E-state index contributed by atoms with van der Waals surface area (Å²) in [6.45, 7) is 0.703. The van der Waals surface area contributed by atoms with Gasteiger partial charge in [0.1, 0.15) is 5.75 Å². The van der Waals surface area contributed by atoms with Crippen LogP contribution in [0.5, 0.6) is 5.75 Å². The minimum atomic E-state index is 0.00980. The number of fused-ring (bicyclic) bond motifs is 1. The third-order valence-corrected chi connectivity index (χ3v) is 4.49. The highest BCUT2D eigenvalue weighted by Gasteiger charge is 2.20. The molecule has 0 saturated carbocycles. The summed E-state index contributed by atoms with van der Waals surface area (Å²) >= 11 is 1.21. The number of methoxy groups -OCH3 is 1. The Balaban J connectivity index is 1.74. The van der Waals surface area contributed by atoms with Crippen LogP contribution in [0.25, 0.3) is 0 Å². The minimum absolute atomic E-state index is 0.00980. The summed E-state index contributed by atoms with van der Waals surface area (Å²) in [5.74, 6) is 0.923. The molecule has 106 valence electrons. The highest BCUT2D eigenvalue weighted by atomic mass is 32.1. The maximum Gasteiger partial charge on any atom is 0.304 e. The molecule has 1 aromatic heterocycles. The molecule has 0 fully saturated rings. The topological polar surface area (TPSA) is 54.1 Å². The Bertz CT molecular complexity index is 647. The van der Waals surface area contributed by atoms with Crippen molar-refractivity contribution in [3.05, 3.63) is 50.1 Å². The average Bonchev–Trinajstić information content (AvgIpc) is 2.90. The summed E-state index contributed by atoms with van der Waals surface area (Å²) in [5.41, 5.74) is 3.68. The molecule has 0 amide bonds. The number of H-pyrrole nitrogens is 1. The summed E-state index contributed by atoms with van der Waals surface area (Å²) in [6.07, 6.45) is 3.42. The lowest BCUT2D eigenvalue weighted by Crippen LogP contribution is -2.25. The van der Waals surface area contributed by atoms with E-state index in [9.17, 15) is 4.79 Å². The molecule has 2 N–H and O–H groups in total. The quantitative estimate of drug-likeness (QED) is 0.910. The summed E-state index contributed by atoms with van der Waals surface area (Å²) in [5, 5.41) is 5.42. The summed E-state index contributed by atoms with van der Waals surface area (Å²) in [4.78, 5) is 14.0. The zero-order valence-electron chi connectivity index (χ0n) is 11.4. The molecule has 0 aliphatic heterocycles. The van der Waals surface area contributed by atoms with Crippen molar-refractivity contribution in [2.45, 2.75) is 31.8 Å². The molecule has 5 heteroatoms. The fraction of sp³-hybridized carbons (Fsp3) is 0.400. The first-order valence-electron chi connectivity index (χ1n) is 6.83. The molecule has 0 radical (unpaired) electrons. The van der Waals surface area contributed by atoms with Crippen LogP contribution in [-0.4, -0.2) is 12.1 Å². The van der Waals surface area contributed by atoms with Crippen LogP contribution in [0.4, 0.5) is 0 Å². The Hall–Kier alpha value is -1.59. The van der Waals surface area contributed by atoms with E-state index in [1.54, 1.807) is 7.11 Å². The van der Waals surface area contributed by atoms with Crippen LogP contribution in [0, 0.1) is 0 Å². The van der Waals surface area contributed by atoms with Gasteiger partial charge in [-0.15, -0.1) is 0 Å². The summed E-state index contributed by atoms with van der Waals surface area (Å²) < 4.78 is 5.29. The molecule has 1 heterocycles. The Labute approximate surface area is 121 Å². The minimum Gasteiger partial charge on any atom is -0.497 e. The number of ether oxygens (including phenoxy) is 1. The number of rotatable bonds is 4. The molecule has 20 heavy (non-hydrogen) atoms. The first kappa shape index (κ1) is 13.4. The average molecular weight is 290 g/mol. The van der Waals surface area contributed by atoms with E-state index < -0.39 is 0 Å². The molecule has 0 saturated heterocycles. The zero-order chi connectivity index (χ0) is 13.9. The molecular weight excluding hydrogens is 272 g/mol. The molecule has 0 bridgehead atoms. The maximum absolute atomic E-state index is 11.1. The third kappa shape index (κ3) is 2.78. The van der Waals surface area contributed by atoms with Crippen molar-refractivity contribution in [3.8, 4) is 5.75 Å². The largest absolute Gasteiger partial charge is 0.497 e. The monoisotopic (exact) mass is 290 g/mol. The summed E-state index contributed by atoms with van der Waals surface area (Å²) in [7, 11) is 1.70. The molecule has 1 unspecified atom stereocenters. The number of aromatic nitrogens is 1. The van der Waals surface area contributed by atoms with E-state index in [4.69, 9.17) is 4.74 Å². The number of thiazole rings is 1. The lowest BCUT2D eigenvalue weighted by molar-refractivity contribution is 0.410. The van der Waals surface area contributed by atoms with Gasteiger partial charge in [-0.1, -0.05) is 17.4 Å². The maximum atomic E-state index is 11.1. The van der Waals surface area contributed by atoms with Crippen LogP contribution in [0.3, 0.4) is 0 Å². The van der Waals surface area contributed by atoms with Crippen LogP contribution < -0.4 is 14.9 Å². The number of aryl methyl sites for hydroxylation is 1. The molecule has 1 aliphatic carbocycles. The van der Waals surface area contributed by atoms with E-state index in [1.807, 2.05) is 11.4 Å². The van der Waals surface area contributed by atoms with Crippen molar-refractivity contribution in [2.24, 2.45) is 0 Å².